The lowest BCUT2D eigenvalue weighted by molar-refractivity contribution is 0.159. The van der Waals surface area contributed by atoms with Gasteiger partial charge in [-0.25, -0.2) is 9.59 Å². The Balaban J connectivity index is 1.99. The monoisotopic (exact) mass is 364 g/mol. The third-order valence-electron chi connectivity index (χ3n) is 3.82. The number of carbonyl (C=O) groups excluding carboxylic acids is 2. The van der Waals surface area contributed by atoms with E-state index in [-0.39, 0.29) is 0 Å². The fourth-order valence-corrected chi connectivity index (χ4v) is 2.67. The zero-order chi connectivity index (χ0) is 18.2. The first-order valence-electron chi connectivity index (χ1n) is 8.99. The molecule has 138 valence electrons. The van der Waals surface area contributed by atoms with E-state index in [0.717, 1.165) is 18.6 Å². The van der Waals surface area contributed by atoms with Gasteiger partial charge in [0.15, 0.2) is 0 Å². The van der Waals surface area contributed by atoms with Gasteiger partial charge in [-0.05, 0) is 42.9 Å². The number of nitrogens with one attached hydrogen (secondary N) is 1. The average Bonchev–Trinajstić information content (AvgIpc) is 2.61. The molecule has 0 fully saturated rings. The highest BCUT2D eigenvalue weighted by Crippen LogP contribution is 2.16. The summed E-state index contributed by atoms with van der Waals surface area (Å²) in [4.78, 5) is 25.3. The van der Waals surface area contributed by atoms with Crippen LogP contribution in [0.1, 0.15) is 57.8 Å². The Bertz CT molecular complexity index is 528. The van der Waals surface area contributed by atoms with Crippen LogP contribution in [0.2, 0.25) is 0 Å². The summed E-state index contributed by atoms with van der Waals surface area (Å²) in [5, 5.41) is 2.64. The zero-order valence-corrected chi connectivity index (χ0v) is 15.6. The molecular formula is C19H28N2O3S. The molecule has 0 heterocycles. The largest absolute Gasteiger partial charge is 0.449 e. The van der Waals surface area contributed by atoms with E-state index in [0.29, 0.717) is 18.0 Å². The fraction of sp³-hybridized carbons (Fsp3) is 0.579. The van der Waals surface area contributed by atoms with Gasteiger partial charge in [0.1, 0.15) is 0 Å². The van der Waals surface area contributed by atoms with Crippen molar-refractivity contribution >= 4 is 36.2 Å². The van der Waals surface area contributed by atoms with Gasteiger partial charge in [-0.15, -0.1) is 0 Å². The molecule has 0 aliphatic rings. The summed E-state index contributed by atoms with van der Waals surface area (Å²) >= 11 is 4.21. The maximum Gasteiger partial charge on any atom is 0.411 e. The summed E-state index contributed by atoms with van der Waals surface area (Å²) < 4.78 is 5.15. The molecule has 0 unspecified atom stereocenters. The minimum atomic E-state index is -0.462. The Morgan fingerprint density at radius 1 is 0.960 bits per heavy atom. The lowest BCUT2D eigenvalue weighted by Crippen LogP contribution is -2.14. The maximum atomic E-state index is 11.7. The van der Waals surface area contributed by atoms with Crippen LogP contribution in [0.5, 0.6) is 0 Å². The predicted octanol–water partition coefficient (Wildman–Crippen LogP) is 5.64. The highest BCUT2D eigenvalue weighted by molar-refractivity contribution is 7.80. The van der Waals surface area contributed by atoms with Gasteiger partial charge in [-0.1, -0.05) is 44.9 Å². The van der Waals surface area contributed by atoms with Gasteiger partial charge in [0.05, 0.1) is 12.3 Å². The van der Waals surface area contributed by atoms with Crippen molar-refractivity contribution in [2.75, 3.05) is 17.7 Å². The van der Waals surface area contributed by atoms with Crippen LogP contribution in [0.15, 0.2) is 29.3 Å². The lowest BCUT2D eigenvalue weighted by Gasteiger charge is -2.07. The molecule has 0 saturated heterocycles. The van der Waals surface area contributed by atoms with Crippen molar-refractivity contribution in [1.82, 2.24) is 0 Å². The summed E-state index contributed by atoms with van der Waals surface area (Å²) in [6.07, 6.45) is 11.8. The number of hydrogen-bond donors (Lipinski definition) is 2. The Hall–Kier alpha value is -1.78. The van der Waals surface area contributed by atoms with Gasteiger partial charge in [-0.2, -0.15) is 17.6 Å². The number of carbonyl (C=O) groups is 1. The molecule has 0 saturated carbocycles. The number of unbranched alkanes of at least 4 members (excludes halogenated alkanes) is 8. The highest BCUT2D eigenvalue weighted by atomic mass is 32.1. The van der Waals surface area contributed by atoms with Crippen LogP contribution in [0.4, 0.5) is 16.2 Å². The van der Waals surface area contributed by atoms with Crippen LogP contribution in [-0.2, 0) is 9.53 Å². The van der Waals surface area contributed by atoms with E-state index in [2.05, 4.69) is 22.9 Å². The molecular weight excluding hydrogens is 336 g/mol. The Morgan fingerprint density at radius 2 is 1.52 bits per heavy atom. The van der Waals surface area contributed by atoms with E-state index in [1.54, 1.807) is 24.3 Å². The maximum absolute atomic E-state index is 11.7. The molecule has 6 heteroatoms. The molecule has 0 radical (unpaired) electrons. The van der Waals surface area contributed by atoms with E-state index in [9.17, 15) is 9.59 Å². The third-order valence-corrected chi connectivity index (χ3v) is 4.14. The van der Waals surface area contributed by atoms with Crippen LogP contribution in [0, 0.1) is 0 Å². The number of anilines is 1. The number of nitrogens with zero attached hydrogens (tertiary/aromatic N) is 1. The van der Waals surface area contributed by atoms with Crippen LogP contribution in [0.3, 0.4) is 0 Å². The van der Waals surface area contributed by atoms with Crippen molar-refractivity contribution in [3.63, 3.8) is 0 Å². The van der Waals surface area contributed by atoms with E-state index < -0.39 is 6.09 Å². The van der Waals surface area contributed by atoms with Gasteiger partial charge >= 0.3 is 6.09 Å². The van der Waals surface area contributed by atoms with Gasteiger partial charge in [0.2, 0.25) is 6.08 Å². The molecule has 1 aromatic rings. The topological polar surface area (TPSA) is 67.8 Å². The minimum Gasteiger partial charge on any atom is -0.449 e. The first kappa shape index (κ1) is 21.3. The van der Waals surface area contributed by atoms with Crippen molar-refractivity contribution in [3.05, 3.63) is 24.3 Å². The number of ether oxygens (including phenoxy) is 1. The number of amides is 1. The van der Waals surface area contributed by atoms with Gasteiger partial charge < -0.3 is 4.74 Å². The average molecular weight is 365 g/mol. The first-order valence-corrected chi connectivity index (χ1v) is 9.62. The molecule has 0 spiro atoms. The molecule has 1 aromatic carbocycles. The number of aliphatic imine (C=N–C) groups is 1. The molecule has 1 N–H and O–H groups in total. The minimum absolute atomic E-state index is 0.432. The fourth-order valence-electron chi connectivity index (χ4n) is 2.44. The second kappa shape index (κ2) is 14.6. The number of hydrogen-bond acceptors (Lipinski definition) is 5. The summed E-state index contributed by atoms with van der Waals surface area (Å²) in [6.45, 7) is 0.432. The van der Waals surface area contributed by atoms with Crippen molar-refractivity contribution < 1.29 is 14.3 Å². The standard InChI is InChI=1S/C19H28N2O3S/c22-16-20-17-10-12-18(13-11-17)21-19(23)24-14-8-6-4-2-1-3-5-7-9-15-25/h10-13,25H,1-9,14-15H2,(H,21,23). The molecule has 0 aliphatic heterocycles. The molecule has 25 heavy (non-hydrogen) atoms. The second-order valence-corrected chi connectivity index (χ2v) is 6.36. The second-order valence-electron chi connectivity index (χ2n) is 5.92. The first-order chi connectivity index (χ1) is 12.3. The van der Waals surface area contributed by atoms with Crippen molar-refractivity contribution in [3.8, 4) is 0 Å². The molecule has 1 amide bonds. The quantitative estimate of drug-likeness (QED) is 0.206. The van der Waals surface area contributed by atoms with Crippen molar-refractivity contribution in [1.29, 1.82) is 0 Å². The SMILES string of the molecule is O=C=Nc1ccc(NC(=O)OCCCCCCCCCCCS)cc1. The van der Waals surface area contributed by atoms with Crippen LogP contribution in [0.25, 0.3) is 0 Å². The number of rotatable bonds is 13. The molecule has 1 rings (SSSR count). The molecule has 0 aromatic heterocycles. The highest BCUT2D eigenvalue weighted by Gasteiger charge is 2.03. The summed E-state index contributed by atoms with van der Waals surface area (Å²) in [6, 6.07) is 6.57. The number of isocyanates is 1. The van der Waals surface area contributed by atoms with E-state index in [1.807, 2.05) is 0 Å². The van der Waals surface area contributed by atoms with E-state index in [1.165, 1.54) is 51.0 Å². The Labute approximate surface area is 155 Å². The van der Waals surface area contributed by atoms with E-state index >= 15 is 0 Å². The van der Waals surface area contributed by atoms with Crippen LogP contribution in [-0.4, -0.2) is 24.5 Å². The number of benzene rings is 1. The lowest BCUT2D eigenvalue weighted by atomic mass is 10.1. The van der Waals surface area contributed by atoms with Crippen molar-refractivity contribution in [2.45, 2.75) is 57.8 Å². The molecule has 0 bridgehead atoms. The van der Waals surface area contributed by atoms with Gasteiger partial charge in [0, 0.05) is 5.69 Å². The summed E-state index contributed by atoms with van der Waals surface area (Å²) in [5.41, 5.74) is 1.10. The van der Waals surface area contributed by atoms with Gasteiger partial charge in [0.25, 0.3) is 0 Å². The molecule has 0 aliphatic carbocycles. The van der Waals surface area contributed by atoms with Crippen LogP contribution >= 0.6 is 12.6 Å². The normalized spacial score (nSPS) is 10.1. The summed E-state index contributed by atoms with van der Waals surface area (Å²) in [7, 11) is 0. The number of thiol groups is 1. The third kappa shape index (κ3) is 11.4. The molecule has 5 nitrogen and oxygen atoms in total. The smallest absolute Gasteiger partial charge is 0.411 e. The Morgan fingerprint density at radius 3 is 2.08 bits per heavy atom. The van der Waals surface area contributed by atoms with Gasteiger partial charge in [-0.3, -0.25) is 5.32 Å². The summed E-state index contributed by atoms with van der Waals surface area (Å²) in [5.74, 6) is 0.994. The molecule has 0 atom stereocenters. The zero-order valence-electron chi connectivity index (χ0n) is 14.7. The Kier molecular flexibility index (Phi) is 12.4. The van der Waals surface area contributed by atoms with Crippen molar-refractivity contribution in [2.24, 2.45) is 4.99 Å². The van der Waals surface area contributed by atoms with Crippen LogP contribution < -0.4 is 5.32 Å². The van der Waals surface area contributed by atoms with E-state index in [4.69, 9.17) is 4.74 Å². The predicted molar refractivity (Wildman–Crippen MR) is 105 cm³/mol.